The molecule has 0 amide bonds. The van der Waals surface area contributed by atoms with E-state index in [1.807, 2.05) is 11.6 Å². The molecule has 4 aliphatic carbocycles. The van der Waals surface area contributed by atoms with Gasteiger partial charge in [0.25, 0.3) is 5.82 Å². The first kappa shape index (κ1) is 37.5. The lowest BCUT2D eigenvalue weighted by Crippen LogP contribution is -2.69. The van der Waals surface area contributed by atoms with Crippen LogP contribution in [0.4, 0.5) is 0 Å². The van der Waals surface area contributed by atoms with E-state index in [2.05, 4.69) is 73.4 Å². The highest BCUT2D eigenvalue weighted by atomic mass is 16.5. The third-order valence-electron chi connectivity index (χ3n) is 16.2. The number of methoxy groups -OCH3 is 1. The van der Waals surface area contributed by atoms with Crippen LogP contribution in [0.5, 0.6) is 0 Å². The third kappa shape index (κ3) is 5.19. The van der Waals surface area contributed by atoms with Crippen LogP contribution in [0.2, 0.25) is 0 Å². The van der Waals surface area contributed by atoms with Crippen molar-refractivity contribution in [3.05, 3.63) is 23.8 Å². The molecule has 5 aliphatic rings. The number of rotatable bonds is 9. The number of nitrogens with zero attached hydrogens (tertiary/aromatic N) is 3. The number of esters is 1. The van der Waals surface area contributed by atoms with Gasteiger partial charge in [-0.05, 0) is 91.3 Å². The lowest BCUT2D eigenvalue weighted by molar-refractivity contribution is -0.252. The molecule has 3 saturated carbocycles. The lowest BCUT2D eigenvalue weighted by atomic mass is 9.34. The topological polar surface area (TPSA) is 139 Å². The number of hydrogen-bond acceptors (Lipinski definition) is 8. The molecule has 4 fully saturated rings. The molecule has 2 heterocycles. The van der Waals surface area contributed by atoms with Crippen molar-refractivity contribution >= 4 is 11.9 Å². The second-order valence-electron chi connectivity index (χ2n) is 19.0. The molecule has 10 heteroatoms. The number of hydrogen-bond donors (Lipinski definition) is 2. The van der Waals surface area contributed by atoms with Crippen molar-refractivity contribution in [2.24, 2.45) is 68.3 Å². The second-order valence-corrected chi connectivity index (χ2v) is 19.0. The van der Waals surface area contributed by atoms with Crippen molar-refractivity contribution in [2.45, 2.75) is 125 Å². The van der Waals surface area contributed by atoms with Gasteiger partial charge in [0.1, 0.15) is 6.33 Å². The molecule has 50 heavy (non-hydrogen) atoms. The minimum absolute atomic E-state index is 0.0329. The summed E-state index contributed by atoms with van der Waals surface area (Å²) >= 11 is 0. The number of aromatic nitrogens is 3. The first-order valence-corrected chi connectivity index (χ1v) is 19.1. The molecular formula is C40H64N4O6. The Morgan fingerprint density at radius 3 is 2.42 bits per heavy atom. The maximum atomic E-state index is 13.5. The van der Waals surface area contributed by atoms with E-state index >= 15 is 0 Å². The van der Waals surface area contributed by atoms with Gasteiger partial charge in [-0.3, -0.25) is 4.79 Å². The highest BCUT2D eigenvalue weighted by Crippen LogP contribution is 2.75. The number of carboxylic acid groups (broad SMARTS) is 1. The first-order valence-electron chi connectivity index (χ1n) is 19.1. The Morgan fingerprint density at radius 2 is 1.80 bits per heavy atom. The van der Waals surface area contributed by atoms with Crippen molar-refractivity contribution in [1.82, 2.24) is 14.8 Å². The predicted octanol–water partition coefficient (Wildman–Crippen LogP) is 6.95. The molecule has 3 N–H and O–H groups in total. The Kier molecular flexibility index (Phi) is 9.29. The van der Waals surface area contributed by atoms with Crippen LogP contribution in [0.1, 0.15) is 124 Å². The second kappa shape index (κ2) is 12.4. The average Bonchev–Trinajstić information content (AvgIpc) is 3.54. The summed E-state index contributed by atoms with van der Waals surface area (Å²) in [6, 6.07) is -0.219. The normalized spacial score (nSPS) is 42.8. The summed E-state index contributed by atoms with van der Waals surface area (Å²) in [4.78, 5) is 30.4. The van der Waals surface area contributed by atoms with Crippen LogP contribution in [0.25, 0.3) is 0 Å². The summed E-state index contributed by atoms with van der Waals surface area (Å²) in [6.45, 7) is 23.9. The minimum atomic E-state index is -0.649. The van der Waals surface area contributed by atoms with Crippen LogP contribution in [0, 0.1) is 62.6 Å². The van der Waals surface area contributed by atoms with E-state index in [4.69, 9.17) is 25.0 Å². The monoisotopic (exact) mass is 696 g/mol. The van der Waals surface area contributed by atoms with Gasteiger partial charge in [0.2, 0.25) is 0 Å². The molecule has 1 aromatic rings. The van der Waals surface area contributed by atoms with E-state index < -0.39 is 28.8 Å². The maximum Gasteiger partial charge on any atom is 0.377 e. The van der Waals surface area contributed by atoms with Gasteiger partial charge in [0.05, 0.1) is 45.0 Å². The van der Waals surface area contributed by atoms with Crippen LogP contribution in [0.3, 0.4) is 0 Å². The summed E-state index contributed by atoms with van der Waals surface area (Å²) in [6.07, 6.45) is 9.26. The average molecular weight is 697 g/mol. The molecule has 12 atom stereocenters. The summed E-state index contributed by atoms with van der Waals surface area (Å²) < 4.78 is 20.5. The van der Waals surface area contributed by atoms with Gasteiger partial charge in [-0.15, -0.1) is 5.10 Å². The standard InChI is InChI=1S/C40H64N4O6/c1-23(2)25(5)35(6)16-17-37(8)26-12-13-29-36(7)19-49-21-40(29,27(26)14-15-38(37,9)30(35)33(45)46)18-28(31(36)50-20-39(10,41)24(3)4)44-22-42-32(43-44)34(47)48-11/h14,22-26,28-31H,12-13,15-21,41H2,1-11H3,(H,45,46)/t25-,26+,28-,29+,30-,31+,35-,36-,37-,38+,39+,40+/m1/s1. The Morgan fingerprint density at radius 1 is 1.10 bits per heavy atom. The molecule has 2 bridgehead atoms. The van der Waals surface area contributed by atoms with Crippen LogP contribution in [0.15, 0.2) is 18.0 Å². The van der Waals surface area contributed by atoms with Gasteiger partial charge in [-0.2, -0.15) is 0 Å². The molecule has 0 aromatic carbocycles. The van der Waals surface area contributed by atoms with Crippen molar-refractivity contribution < 1.29 is 28.9 Å². The maximum absolute atomic E-state index is 13.5. The number of nitrogens with two attached hydrogens (primary N) is 1. The quantitative estimate of drug-likeness (QED) is 0.207. The molecule has 6 rings (SSSR count). The van der Waals surface area contributed by atoms with E-state index in [-0.39, 0.29) is 57.4 Å². The number of carboxylic acids is 1. The fraction of sp³-hybridized carbons (Fsp3) is 0.850. The highest BCUT2D eigenvalue weighted by molar-refractivity contribution is 5.84. The predicted molar refractivity (Wildman–Crippen MR) is 191 cm³/mol. The number of carbonyl (C=O) groups excluding carboxylic acids is 1. The van der Waals surface area contributed by atoms with Crippen LogP contribution in [-0.4, -0.2) is 70.4 Å². The van der Waals surface area contributed by atoms with Gasteiger partial charge in [-0.1, -0.05) is 74.0 Å². The summed E-state index contributed by atoms with van der Waals surface area (Å²) in [7, 11) is 1.34. The van der Waals surface area contributed by atoms with E-state index in [1.165, 1.54) is 12.7 Å². The fourth-order valence-corrected chi connectivity index (χ4v) is 12.2. The smallest absolute Gasteiger partial charge is 0.377 e. The molecule has 1 saturated heterocycles. The van der Waals surface area contributed by atoms with Gasteiger partial charge >= 0.3 is 11.9 Å². The summed E-state index contributed by atoms with van der Waals surface area (Å²) in [5.41, 5.74) is 6.19. The molecular weight excluding hydrogens is 632 g/mol. The molecule has 1 aromatic heterocycles. The summed E-state index contributed by atoms with van der Waals surface area (Å²) in [5.74, 6) is -0.173. The Bertz CT molecular complexity index is 1520. The number of ether oxygens (including phenoxy) is 3. The number of allylic oxidation sites excluding steroid dienone is 1. The molecule has 0 unspecified atom stereocenters. The Hall–Kier alpha value is -2.30. The van der Waals surface area contributed by atoms with Gasteiger partial charge in [-0.25, -0.2) is 14.5 Å². The zero-order valence-electron chi connectivity index (χ0n) is 32.5. The van der Waals surface area contributed by atoms with E-state index in [0.717, 1.165) is 38.5 Å². The first-order chi connectivity index (χ1) is 23.2. The zero-order chi connectivity index (χ0) is 36.8. The fourth-order valence-electron chi connectivity index (χ4n) is 12.2. The van der Waals surface area contributed by atoms with Crippen LogP contribution >= 0.6 is 0 Å². The number of carbonyl (C=O) groups is 2. The van der Waals surface area contributed by atoms with Gasteiger partial charge in [0.15, 0.2) is 0 Å². The Balaban J connectivity index is 1.46. The van der Waals surface area contributed by atoms with Crippen molar-refractivity contribution in [2.75, 3.05) is 26.9 Å². The largest absolute Gasteiger partial charge is 0.481 e. The van der Waals surface area contributed by atoms with Crippen molar-refractivity contribution in [3.8, 4) is 0 Å². The molecule has 0 radical (unpaired) electrons. The summed E-state index contributed by atoms with van der Waals surface area (Å²) in [5, 5.41) is 15.8. The highest BCUT2D eigenvalue weighted by Gasteiger charge is 2.72. The van der Waals surface area contributed by atoms with Crippen molar-refractivity contribution in [3.63, 3.8) is 0 Å². The van der Waals surface area contributed by atoms with Gasteiger partial charge < -0.3 is 25.1 Å². The van der Waals surface area contributed by atoms with Crippen molar-refractivity contribution in [1.29, 1.82) is 0 Å². The van der Waals surface area contributed by atoms with Crippen LogP contribution < -0.4 is 5.73 Å². The molecule has 0 spiro atoms. The lowest BCUT2D eigenvalue weighted by Gasteiger charge is -2.71. The zero-order valence-corrected chi connectivity index (χ0v) is 32.5. The van der Waals surface area contributed by atoms with Gasteiger partial charge in [0, 0.05) is 16.4 Å². The van der Waals surface area contributed by atoms with E-state index in [1.54, 1.807) is 6.33 Å². The number of fused-ring (bicyclic) bond motifs is 3. The molecule has 10 nitrogen and oxygen atoms in total. The minimum Gasteiger partial charge on any atom is -0.481 e. The van der Waals surface area contributed by atoms with E-state index in [0.29, 0.717) is 31.7 Å². The number of aliphatic carboxylic acids is 1. The van der Waals surface area contributed by atoms with Crippen LogP contribution in [-0.2, 0) is 19.0 Å². The molecule has 1 aliphatic heterocycles. The molecule has 280 valence electrons. The SMILES string of the molecule is COC(=O)c1ncn([C@@H]2C[C@@]34COC[C@](C)([C@@H]3CC[C@H]3C4=CC[C@@]4(C)[C@H](C(=O)O)[C@@](C)([C@H](C)C(C)C)CC[C@]34C)[C@H]2OC[C@](C)(N)C(C)C)n1. The van der Waals surface area contributed by atoms with E-state index in [9.17, 15) is 14.7 Å². The Labute approximate surface area is 299 Å². The third-order valence-corrected chi connectivity index (χ3v) is 16.2.